The number of anilines is 1. The Hall–Kier alpha value is -1.95. The molecule has 3 aliphatic rings. The van der Waals surface area contributed by atoms with Gasteiger partial charge in [0, 0.05) is 24.2 Å². The zero-order chi connectivity index (χ0) is 14.1. The number of fused-ring (bicyclic) bond motifs is 3. The molecule has 3 aliphatic heterocycles. The van der Waals surface area contributed by atoms with Crippen LogP contribution < -0.4 is 5.32 Å². The number of nitrogens with one attached hydrogen (secondary N) is 1. The molecule has 6 nitrogen and oxygen atoms in total. The van der Waals surface area contributed by atoms with Crippen molar-refractivity contribution in [3.63, 3.8) is 0 Å². The highest BCUT2D eigenvalue weighted by atomic mass is 16.6. The van der Waals surface area contributed by atoms with Crippen LogP contribution >= 0.6 is 0 Å². The molecule has 1 atom stereocenters. The van der Waals surface area contributed by atoms with Gasteiger partial charge in [-0.05, 0) is 44.0 Å². The molecule has 1 unspecified atom stereocenters. The lowest BCUT2D eigenvalue weighted by Gasteiger charge is -2.45. The number of nitrogens with zero attached hydrogens (tertiary/aromatic N) is 2. The summed E-state index contributed by atoms with van der Waals surface area (Å²) in [6.07, 6.45) is 2.93. The van der Waals surface area contributed by atoms with Crippen LogP contribution in [-0.4, -0.2) is 41.8 Å². The Kier molecular flexibility index (Phi) is 3.40. The number of benzene rings is 1. The number of nitro groups is 1. The van der Waals surface area contributed by atoms with Crippen molar-refractivity contribution in [1.82, 2.24) is 4.90 Å². The summed E-state index contributed by atoms with van der Waals surface area (Å²) in [4.78, 5) is 23.8. The molecular weight excluding hydrogens is 258 g/mol. The predicted molar refractivity (Wildman–Crippen MR) is 75.1 cm³/mol. The number of nitro benzene ring substituents is 1. The van der Waals surface area contributed by atoms with Gasteiger partial charge in [0.1, 0.15) is 12.0 Å². The van der Waals surface area contributed by atoms with E-state index in [0.717, 1.165) is 32.5 Å². The van der Waals surface area contributed by atoms with Crippen molar-refractivity contribution < 1.29 is 9.72 Å². The number of carbonyl (C=O) groups is 1. The second kappa shape index (κ2) is 5.20. The quantitative estimate of drug-likeness (QED) is 0.516. The van der Waals surface area contributed by atoms with Crippen molar-refractivity contribution in [2.75, 3.05) is 25.0 Å². The van der Waals surface area contributed by atoms with Gasteiger partial charge in [0.25, 0.3) is 5.69 Å². The number of carbonyl (C=O) groups excluding carboxylic acids is 1. The maximum absolute atomic E-state index is 11.1. The fourth-order valence-corrected chi connectivity index (χ4v) is 3.22. The number of rotatable bonds is 4. The summed E-state index contributed by atoms with van der Waals surface area (Å²) in [5.41, 5.74) is 0.821. The summed E-state index contributed by atoms with van der Waals surface area (Å²) in [5.74, 6) is 0.588. The van der Waals surface area contributed by atoms with Crippen molar-refractivity contribution >= 4 is 17.7 Å². The molecule has 2 bridgehead atoms. The molecule has 0 aliphatic carbocycles. The van der Waals surface area contributed by atoms with E-state index < -0.39 is 4.92 Å². The van der Waals surface area contributed by atoms with Crippen molar-refractivity contribution in [2.45, 2.75) is 18.9 Å². The third kappa shape index (κ3) is 2.38. The smallest absolute Gasteiger partial charge is 0.293 e. The van der Waals surface area contributed by atoms with Gasteiger partial charge in [0.05, 0.1) is 4.92 Å². The van der Waals surface area contributed by atoms with Crippen molar-refractivity contribution in [2.24, 2.45) is 5.92 Å². The number of piperidine rings is 3. The Morgan fingerprint density at radius 1 is 1.35 bits per heavy atom. The van der Waals surface area contributed by atoms with E-state index >= 15 is 0 Å². The molecule has 0 radical (unpaired) electrons. The highest BCUT2D eigenvalue weighted by Gasteiger charge is 2.34. The second-order valence-corrected chi connectivity index (χ2v) is 5.54. The molecule has 0 aromatic heterocycles. The second-order valence-electron chi connectivity index (χ2n) is 5.54. The largest absolute Gasteiger partial charge is 0.375 e. The summed E-state index contributed by atoms with van der Waals surface area (Å²) >= 11 is 0. The van der Waals surface area contributed by atoms with E-state index in [2.05, 4.69) is 10.2 Å². The van der Waals surface area contributed by atoms with Crippen molar-refractivity contribution in [3.05, 3.63) is 33.9 Å². The van der Waals surface area contributed by atoms with Crippen LogP contribution in [0.4, 0.5) is 11.4 Å². The van der Waals surface area contributed by atoms with Gasteiger partial charge >= 0.3 is 0 Å². The van der Waals surface area contributed by atoms with Gasteiger partial charge in [-0.15, -0.1) is 0 Å². The van der Waals surface area contributed by atoms with Crippen molar-refractivity contribution in [3.8, 4) is 0 Å². The van der Waals surface area contributed by atoms with Gasteiger partial charge in [-0.2, -0.15) is 0 Å². The fraction of sp³-hybridized carbons (Fsp3) is 0.500. The molecule has 0 saturated carbocycles. The van der Waals surface area contributed by atoms with Crippen LogP contribution in [0.3, 0.4) is 0 Å². The van der Waals surface area contributed by atoms with Crippen LogP contribution in [-0.2, 0) is 0 Å². The van der Waals surface area contributed by atoms with Crippen LogP contribution in [0, 0.1) is 16.0 Å². The van der Waals surface area contributed by atoms with E-state index in [1.165, 1.54) is 6.07 Å². The monoisotopic (exact) mass is 275 g/mol. The molecule has 3 saturated heterocycles. The molecule has 1 aromatic rings. The van der Waals surface area contributed by atoms with Crippen LogP contribution in [0.2, 0.25) is 0 Å². The molecule has 6 heteroatoms. The van der Waals surface area contributed by atoms with Gasteiger partial charge in [0.15, 0.2) is 0 Å². The lowest BCUT2D eigenvalue weighted by molar-refractivity contribution is -0.384. The standard InChI is InChI=1S/C14H17N3O3/c18-9-10-1-2-12(14(7-10)17(19)20)15-13-8-16-5-3-11(13)4-6-16/h1-2,7,9,11,13,15H,3-6,8H2. The van der Waals surface area contributed by atoms with E-state index in [4.69, 9.17) is 0 Å². The van der Waals surface area contributed by atoms with Crippen LogP contribution in [0.5, 0.6) is 0 Å². The molecular formula is C14H17N3O3. The average Bonchev–Trinajstić information content (AvgIpc) is 2.48. The summed E-state index contributed by atoms with van der Waals surface area (Å²) in [6.45, 7) is 3.21. The number of aldehydes is 1. The van der Waals surface area contributed by atoms with Gasteiger partial charge in [-0.3, -0.25) is 14.9 Å². The topological polar surface area (TPSA) is 75.5 Å². The molecule has 3 fully saturated rings. The third-order valence-corrected chi connectivity index (χ3v) is 4.35. The Labute approximate surface area is 116 Å². The molecule has 1 N–H and O–H groups in total. The zero-order valence-corrected chi connectivity index (χ0v) is 11.1. The normalized spacial score (nSPS) is 28.1. The van der Waals surface area contributed by atoms with E-state index in [1.807, 2.05) is 0 Å². The first-order chi connectivity index (χ1) is 9.67. The molecule has 0 spiro atoms. The van der Waals surface area contributed by atoms with Crippen molar-refractivity contribution in [1.29, 1.82) is 0 Å². The Morgan fingerprint density at radius 2 is 2.10 bits per heavy atom. The first-order valence-corrected chi connectivity index (χ1v) is 6.90. The summed E-state index contributed by atoms with van der Waals surface area (Å²) < 4.78 is 0. The van der Waals surface area contributed by atoms with Crippen LogP contribution in [0.25, 0.3) is 0 Å². The predicted octanol–water partition coefficient (Wildman–Crippen LogP) is 1.91. The van der Waals surface area contributed by atoms with E-state index in [1.54, 1.807) is 12.1 Å². The molecule has 1 aromatic carbocycles. The molecule has 20 heavy (non-hydrogen) atoms. The first-order valence-electron chi connectivity index (χ1n) is 6.90. The highest BCUT2D eigenvalue weighted by Crippen LogP contribution is 2.32. The van der Waals surface area contributed by atoms with Gasteiger partial charge in [-0.25, -0.2) is 0 Å². The van der Waals surface area contributed by atoms with E-state index in [0.29, 0.717) is 23.5 Å². The van der Waals surface area contributed by atoms with E-state index in [9.17, 15) is 14.9 Å². The Balaban J connectivity index is 1.83. The zero-order valence-electron chi connectivity index (χ0n) is 11.1. The van der Waals surface area contributed by atoms with Gasteiger partial charge in [-0.1, -0.05) is 0 Å². The highest BCUT2D eigenvalue weighted by molar-refractivity contribution is 5.79. The lowest BCUT2D eigenvalue weighted by atomic mass is 9.84. The maximum Gasteiger partial charge on any atom is 0.293 e. The van der Waals surface area contributed by atoms with Crippen LogP contribution in [0.1, 0.15) is 23.2 Å². The molecule has 3 heterocycles. The first kappa shape index (κ1) is 13.1. The molecule has 4 rings (SSSR count). The fourth-order valence-electron chi connectivity index (χ4n) is 3.22. The van der Waals surface area contributed by atoms with Gasteiger partial charge in [0.2, 0.25) is 0 Å². The van der Waals surface area contributed by atoms with Crippen LogP contribution in [0.15, 0.2) is 18.2 Å². The minimum absolute atomic E-state index is 0.0222. The lowest BCUT2D eigenvalue weighted by Crippen LogP contribution is -2.53. The number of hydrogen-bond donors (Lipinski definition) is 1. The molecule has 106 valence electrons. The third-order valence-electron chi connectivity index (χ3n) is 4.35. The minimum atomic E-state index is -0.434. The number of hydrogen-bond acceptors (Lipinski definition) is 5. The minimum Gasteiger partial charge on any atom is -0.375 e. The molecule has 0 amide bonds. The maximum atomic E-state index is 11.1. The van der Waals surface area contributed by atoms with E-state index in [-0.39, 0.29) is 11.7 Å². The summed E-state index contributed by atoms with van der Waals surface area (Å²) in [6, 6.07) is 4.85. The summed E-state index contributed by atoms with van der Waals surface area (Å²) in [5, 5.41) is 14.4. The Morgan fingerprint density at radius 3 is 2.65 bits per heavy atom. The summed E-state index contributed by atoms with van der Waals surface area (Å²) in [7, 11) is 0. The SMILES string of the molecule is O=Cc1ccc(NC2CN3CCC2CC3)c([N+](=O)[O-])c1. The van der Waals surface area contributed by atoms with Gasteiger partial charge < -0.3 is 10.2 Å². The average molecular weight is 275 g/mol. The Bertz CT molecular complexity index is 538.